The Kier molecular flexibility index (Phi) is 7.39. The number of ether oxygens (including phenoxy) is 1. The summed E-state index contributed by atoms with van der Waals surface area (Å²) in [5, 5.41) is 3.30. The number of hydrogen-bond acceptors (Lipinski definition) is 4. The third-order valence-corrected chi connectivity index (χ3v) is 5.41. The van der Waals surface area contributed by atoms with Crippen LogP contribution < -0.4 is 5.32 Å². The van der Waals surface area contributed by atoms with Gasteiger partial charge in [-0.15, -0.1) is 0 Å². The highest BCUT2D eigenvalue weighted by Gasteiger charge is 2.38. The van der Waals surface area contributed by atoms with E-state index in [4.69, 9.17) is 4.74 Å². The number of rotatable bonds is 11. The van der Waals surface area contributed by atoms with Crippen molar-refractivity contribution in [1.82, 2.24) is 13.9 Å². The van der Waals surface area contributed by atoms with E-state index in [0.29, 0.717) is 25.7 Å². The molecule has 0 aromatic rings. The van der Waals surface area contributed by atoms with Crippen LogP contribution in [0.2, 0.25) is 0 Å². The third-order valence-electron chi connectivity index (χ3n) is 3.36. The molecule has 120 valence electrons. The van der Waals surface area contributed by atoms with Gasteiger partial charge in [0.25, 0.3) is 10.2 Å². The molecule has 0 aromatic heterocycles. The molecule has 1 rings (SSSR count). The van der Waals surface area contributed by atoms with E-state index in [1.165, 1.54) is 4.31 Å². The number of nitrogens with zero attached hydrogens (tertiary/aromatic N) is 2. The summed E-state index contributed by atoms with van der Waals surface area (Å²) in [6, 6.07) is 0.605. The second kappa shape index (κ2) is 8.29. The Morgan fingerprint density at radius 3 is 2.45 bits per heavy atom. The smallest absolute Gasteiger partial charge is 0.282 e. The van der Waals surface area contributed by atoms with Crippen molar-refractivity contribution in [3.63, 3.8) is 0 Å². The SMILES string of the molecule is COCCN(C1CC1)S(=O)(=O)N(C)CCCNC(C)C. The average molecular weight is 307 g/mol. The minimum atomic E-state index is -3.35. The Labute approximate surface area is 123 Å². The molecule has 1 N–H and O–H groups in total. The maximum atomic E-state index is 12.5. The fourth-order valence-electron chi connectivity index (χ4n) is 2.02. The molecule has 0 saturated heterocycles. The lowest BCUT2D eigenvalue weighted by atomic mass is 10.3. The van der Waals surface area contributed by atoms with Gasteiger partial charge < -0.3 is 10.1 Å². The van der Waals surface area contributed by atoms with Crippen molar-refractivity contribution in [3.8, 4) is 0 Å². The van der Waals surface area contributed by atoms with Crippen LogP contribution in [-0.4, -0.2) is 69.5 Å². The van der Waals surface area contributed by atoms with E-state index in [2.05, 4.69) is 19.2 Å². The van der Waals surface area contributed by atoms with Gasteiger partial charge in [0.2, 0.25) is 0 Å². The van der Waals surface area contributed by atoms with E-state index in [9.17, 15) is 8.42 Å². The maximum Gasteiger partial charge on any atom is 0.282 e. The summed E-state index contributed by atoms with van der Waals surface area (Å²) in [4.78, 5) is 0. The molecule has 1 aliphatic carbocycles. The van der Waals surface area contributed by atoms with Crippen LogP contribution in [0.5, 0.6) is 0 Å². The highest BCUT2D eigenvalue weighted by atomic mass is 32.2. The van der Waals surface area contributed by atoms with Gasteiger partial charge in [0.05, 0.1) is 6.61 Å². The van der Waals surface area contributed by atoms with Crippen molar-refractivity contribution in [2.45, 2.75) is 45.2 Å². The molecule has 0 bridgehead atoms. The largest absolute Gasteiger partial charge is 0.383 e. The summed E-state index contributed by atoms with van der Waals surface area (Å²) in [5.41, 5.74) is 0. The summed E-state index contributed by atoms with van der Waals surface area (Å²) < 4.78 is 33.1. The molecule has 7 heteroatoms. The zero-order chi connectivity index (χ0) is 15.2. The predicted octanol–water partition coefficient (Wildman–Crippen LogP) is 0.662. The van der Waals surface area contributed by atoms with Crippen molar-refractivity contribution in [3.05, 3.63) is 0 Å². The zero-order valence-corrected chi connectivity index (χ0v) is 13.9. The summed E-state index contributed by atoms with van der Waals surface area (Å²) in [6.45, 7) is 6.42. The van der Waals surface area contributed by atoms with E-state index in [-0.39, 0.29) is 6.04 Å². The molecule has 6 nitrogen and oxygen atoms in total. The van der Waals surface area contributed by atoms with Gasteiger partial charge in [0.1, 0.15) is 0 Å². The van der Waals surface area contributed by atoms with E-state index < -0.39 is 10.2 Å². The van der Waals surface area contributed by atoms with Gasteiger partial charge in [0, 0.05) is 39.3 Å². The summed E-state index contributed by atoms with van der Waals surface area (Å²) >= 11 is 0. The molecular formula is C13H29N3O3S. The van der Waals surface area contributed by atoms with E-state index >= 15 is 0 Å². The van der Waals surface area contributed by atoms with Crippen molar-refractivity contribution < 1.29 is 13.2 Å². The van der Waals surface area contributed by atoms with Gasteiger partial charge in [0.15, 0.2) is 0 Å². The lowest BCUT2D eigenvalue weighted by Crippen LogP contribution is -2.45. The molecule has 0 spiro atoms. The fourth-order valence-corrected chi connectivity index (χ4v) is 3.63. The van der Waals surface area contributed by atoms with Crippen LogP contribution in [0, 0.1) is 0 Å². The van der Waals surface area contributed by atoms with Crippen molar-refractivity contribution in [2.24, 2.45) is 0 Å². The molecule has 0 unspecified atom stereocenters. The number of methoxy groups -OCH3 is 1. The molecule has 0 radical (unpaired) electrons. The molecular weight excluding hydrogens is 278 g/mol. The topological polar surface area (TPSA) is 61.9 Å². The van der Waals surface area contributed by atoms with Gasteiger partial charge in [-0.1, -0.05) is 13.8 Å². The Morgan fingerprint density at radius 2 is 1.95 bits per heavy atom. The zero-order valence-electron chi connectivity index (χ0n) is 13.1. The van der Waals surface area contributed by atoms with Crippen LogP contribution in [0.3, 0.4) is 0 Å². The van der Waals surface area contributed by atoms with Crippen molar-refractivity contribution in [1.29, 1.82) is 0 Å². The third kappa shape index (κ3) is 5.65. The molecule has 0 atom stereocenters. The minimum absolute atomic E-state index is 0.173. The molecule has 1 fully saturated rings. The first kappa shape index (κ1) is 17.8. The number of nitrogens with one attached hydrogen (secondary N) is 1. The normalized spacial score (nSPS) is 16.6. The molecule has 1 saturated carbocycles. The van der Waals surface area contributed by atoms with E-state index in [1.807, 2.05) is 0 Å². The van der Waals surface area contributed by atoms with E-state index in [1.54, 1.807) is 18.5 Å². The average Bonchev–Trinajstić information content (AvgIpc) is 3.18. The van der Waals surface area contributed by atoms with Gasteiger partial charge >= 0.3 is 0 Å². The summed E-state index contributed by atoms with van der Waals surface area (Å²) in [5.74, 6) is 0. The van der Waals surface area contributed by atoms with Crippen LogP contribution in [0.4, 0.5) is 0 Å². The molecule has 0 amide bonds. The van der Waals surface area contributed by atoms with Crippen LogP contribution in [-0.2, 0) is 14.9 Å². The lowest BCUT2D eigenvalue weighted by molar-refractivity contribution is 0.174. The minimum Gasteiger partial charge on any atom is -0.383 e. The molecule has 0 aliphatic heterocycles. The highest BCUT2D eigenvalue weighted by Crippen LogP contribution is 2.29. The number of hydrogen-bond donors (Lipinski definition) is 1. The molecule has 1 aliphatic rings. The first-order valence-electron chi connectivity index (χ1n) is 7.35. The van der Waals surface area contributed by atoms with Gasteiger partial charge in [-0.05, 0) is 25.8 Å². The Balaban J connectivity index is 2.47. The second-order valence-electron chi connectivity index (χ2n) is 5.63. The molecule has 20 heavy (non-hydrogen) atoms. The summed E-state index contributed by atoms with van der Waals surface area (Å²) in [7, 11) is -0.0961. The Bertz CT molecular complexity index is 369. The van der Waals surface area contributed by atoms with Crippen LogP contribution in [0.25, 0.3) is 0 Å². The lowest BCUT2D eigenvalue weighted by Gasteiger charge is -2.27. The molecule has 0 aromatic carbocycles. The first-order chi connectivity index (χ1) is 9.39. The van der Waals surface area contributed by atoms with Crippen molar-refractivity contribution >= 4 is 10.2 Å². The Hall–Kier alpha value is -0.210. The van der Waals surface area contributed by atoms with Crippen LogP contribution in [0.15, 0.2) is 0 Å². The predicted molar refractivity (Wildman–Crippen MR) is 80.9 cm³/mol. The quantitative estimate of drug-likeness (QED) is 0.570. The highest BCUT2D eigenvalue weighted by molar-refractivity contribution is 7.86. The summed E-state index contributed by atoms with van der Waals surface area (Å²) in [6.07, 6.45) is 2.74. The van der Waals surface area contributed by atoms with E-state index in [0.717, 1.165) is 25.8 Å². The van der Waals surface area contributed by atoms with Gasteiger partial charge in [-0.2, -0.15) is 17.0 Å². The fraction of sp³-hybridized carbons (Fsp3) is 1.00. The van der Waals surface area contributed by atoms with Gasteiger partial charge in [-0.25, -0.2) is 0 Å². The molecule has 0 heterocycles. The van der Waals surface area contributed by atoms with Gasteiger partial charge in [-0.3, -0.25) is 0 Å². The monoisotopic (exact) mass is 307 g/mol. The second-order valence-corrected chi connectivity index (χ2v) is 7.61. The van der Waals surface area contributed by atoms with Crippen molar-refractivity contribution in [2.75, 3.05) is 40.4 Å². The maximum absolute atomic E-state index is 12.5. The Morgan fingerprint density at radius 1 is 1.30 bits per heavy atom. The van der Waals surface area contributed by atoms with Crippen LogP contribution >= 0.6 is 0 Å². The van der Waals surface area contributed by atoms with Crippen LogP contribution in [0.1, 0.15) is 33.1 Å². The first-order valence-corrected chi connectivity index (χ1v) is 8.74. The standard InChI is InChI=1S/C13H29N3O3S/c1-12(2)14-8-5-9-15(3)20(17,18)16(10-11-19-4)13-6-7-13/h12-14H,5-11H2,1-4H3.